The molecule has 0 spiro atoms. The number of nitrogens with zero attached hydrogens (tertiary/aromatic N) is 1. The summed E-state index contributed by atoms with van der Waals surface area (Å²) < 4.78 is 5.12. The van der Waals surface area contributed by atoms with Gasteiger partial charge in [-0.2, -0.15) is 0 Å². The fourth-order valence-electron chi connectivity index (χ4n) is 1.37. The third kappa shape index (κ3) is 1.94. The van der Waals surface area contributed by atoms with Crippen molar-refractivity contribution < 1.29 is 14.3 Å². The van der Waals surface area contributed by atoms with E-state index in [0.29, 0.717) is 17.0 Å². The maximum Gasteiger partial charge on any atom is 0.325 e. The average molecular weight is 218 g/mol. The van der Waals surface area contributed by atoms with Gasteiger partial charge in [-0.1, -0.05) is 12.1 Å². The maximum absolute atomic E-state index is 10.7. The van der Waals surface area contributed by atoms with Crippen molar-refractivity contribution in [3.05, 3.63) is 42.3 Å². The quantitative estimate of drug-likeness (QED) is 0.813. The lowest BCUT2D eigenvalue weighted by molar-refractivity contribution is -0.138. The molecule has 1 aromatic carbocycles. The summed E-state index contributed by atoms with van der Waals surface area (Å²) >= 11 is 0. The molecule has 0 radical (unpaired) electrons. The van der Waals surface area contributed by atoms with Crippen LogP contribution >= 0.6 is 0 Å². The maximum atomic E-state index is 10.7. The smallest absolute Gasteiger partial charge is 0.325 e. The monoisotopic (exact) mass is 218 g/mol. The molecule has 1 unspecified atom stereocenters. The summed E-state index contributed by atoms with van der Waals surface area (Å²) in [6, 6.07) is 5.78. The highest BCUT2D eigenvalue weighted by Crippen LogP contribution is 2.21. The number of aromatic nitrogens is 1. The molecule has 1 atom stereocenters. The first-order valence-corrected chi connectivity index (χ1v) is 4.66. The fourth-order valence-corrected chi connectivity index (χ4v) is 1.37. The number of carboxylic acids is 1. The van der Waals surface area contributed by atoms with E-state index in [9.17, 15) is 4.79 Å². The molecule has 0 aliphatic carbocycles. The molecular weight excluding hydrogens is 208 g/mol. The molecule has 82 valence electrons. The minimum atomic E-state index is -1.07. The second-order valence-electron chi connectivity index (χ2n) is 3.28. The highest BCUT2D eigenvalue weighted by atomic mass is 16.4. The summed E-state index contributed by atoms with van der Waals surface area (Å²) in [7, 11) is 0. The Morgan fingerprint density at radius 3 is 2.94 bits per heavy atom. The van der Waals surface area contributed by atoms with Gasteiger partial charge in [0.15, 0.2) is 0 Å². The largest absolute Gasteiger partial charge is 0.480 e. The number of nitrogens with two attached hydrogens (primary N) is 1. The number of hydrogen-bond donors (Lipinski definition) is 2. The number of oxazole rings is 1. The van der Waals surface area contributed by atoms with Gasteiger partial charge in [-0.3, -0.25) is 4.79 Å². The van der Waals surface area contributed by atoms with E-state index in [0.717, 1.165) is 0 Å². The third-order valence-electron chi connectivity index (χ3n) is 2.19. The van der Waals surface area contributed by atoms with Crippen molar-refractivity contribution in [2.75, 3.05) is 0 Å². The summed E-state index contributed by atoms with van der Waals surface area (Å²) in [5, 5.41) is 8.79. The molecule has 16 heavy (non-hydrogen) atoms. The van der Waals surface area contributed by atoms with Gasteiger partial charge in [-0.15, -0.1) is 0 Å². The molecule has 1 heterocycles. The molecule has 0 fully saturated rings. The predicted molar refractivity (Wildman–Crippen MR) is 56.5 cm³/mol. The Morgan fingerprint density at radius 1 is 1.50 bits per heavy atom. The zero-order valence-electron chi connectivity index (χ0n) is 8.33. The first-order valence-electron chi connectivity index (χ1n) is 4.66. The van der Waals surface area contributed by atoms with E-state index in [4.69, 9.17) is 15.3 Å². The van der Waals surface area contributed by atoms with Crippen LogP contribution in [0.2, 0.25) is 0 Å². The van der Waals surface area contributed by atoms with Gasteiger partial charge in [-0.25, -0.2) is 4.98 Å². The number of rotatable bonds is 3. The van der Waals surface area contributed by atoms with E-state index in [1.807, 2.05) is 0 Å². The number of carbonyl (C=O) groups is 1. The van der Waals surface area contributed by atoms with Crippen LogP contribution < -0.4 is 5.73 Å². The normalized spacial score (nSPS) is 12.3. The van der Waals surface area contributed by atoms with Gasteiger partial charge in [0.25, 0.3) is 0 Å². The lowest BCUT2D eigenvalue weighted by atomic mass is 10.0. The molecule has 0 aliphatic heterocycles. The molecule has 0 bridgehead atoms. The van der Waals surface area contributed by atoms with E-state index in [-0.39, 0.29) is 0 Å². The third-order valence-corrected chi connectivity index (χ3v) is 2.19. The van der Waals surface area contributed by atoms with Crippen LogP contribution in [0.1, 0.15) is 11.6 Å². The average Bonchev–Trinajstić information content (AvgIpc) is 2.81. The molecule has 5 nitrogen and oxygen atoms in total. The minimum Gasteiger partial charge on any atom is -0.480 e. The Kier molecular flexibility index (Phi) is 2.70. The standard InChI is InChI=1S/C11H10N2O3/c12-9(11(14)15)7-2-1-3-8(6-7)10-13-4-5-16-10/h1-6,9H,12H2,(H,14,15). The molecule has 2 aromatic rings. The van der Waals surface area contributed by atoms with E-state index < -0.39 is 12.0 Å². The van der Waals surface area contributed by atoms with Gasteiger partial charge < -0.3 is 15.3 Å². The van der Waals surface area contributed by atoms with Crippen molar-refractivity contribution in [2.24, 2.45) is 5.73 Å². The Morgan fingerprint density at radius 2 is 2.31 bits per heavy atom. The topological polar surface area (TPSA) is 89.4 Å². The van der Waals surface area contributed by atoms with Crippen LogP contribution in [0.15, 0.2) is 41.1 Å². The lowest BCUT2D eigenvalue weighted by Crippen LogP contribution is -2.20. The van der Waals surface area contributed by atoms with Crippen molar-refractivity contribution >= 4 is 5.97 Å². The molecule has 0 aliphatic rings. The first kappa shape index (κ1) is 10.4. The Balaban J connectivity index is 2.37. The summed E-state index contributed by atoms with van der Waals surface area (Å²) in [6.45, 7) is 0. The molecule has 1 aromatic heterocycles. The first-order chi connectivity index (χ1) is 7.68. The Hall–Kier alpha value is -2.14. The van der Waals surface area contributed by atoms with Crippen molar-refractivity contribution in [3.63, 3.8) is 0 Å². The van der Waals surface area contributed by atoms with Gasteiger partial charge in [0, 0.05) is 5.56 Å². The molecule has 0 amide bonds. The van der Waals surface area contributed by atoms with Crippen LogP contribution in [0, 0.1) is 0 Å². The van der Waals surface area contributed by atoms with Crippen molar-refractivity contribution in [2.45, 2.75) is 6.04 Å². The number of aliphatic carboxylic acids is 1. The van der Waals surface area contributed by atoms with Crippen molar-refractivity contribution in [3.8, 4) is 11.5 Å². The summed E-state index contributed by atoms with van der Waals surface area (Å²) in [5.74, 6) is -0.621. The van der Waals surface area contributed by atoms with Crippen LogP contribution in [-0.2, 0) is 4.79 Å². The van der Waals surface area contributed by atoms with E-state index >= 15 is 0 Å². The summed E-state index contributed by atoms with van der Waals surface area (Å²) in [5.41, 5.74) is 6.73. The number of hydrogen-bond acceptors (Lipinski definition) is 4. The highest BCUT2D eigenvalue weighted by molar-refractivity contribution is 5.76. The fraction of sp³-hybridized carbons (Fsp3) is 0.0909. The minimum absolute atomic E-state index is 0.444. The summed E-state index contributed by atoms with van der Waals surface area (Å²) in [6.07, 6.45) is 2.98. The van der Waals surface area contributed by atoms with Crippen LogP contribution in [-0.4, -0.2) is 16.1 Å². The van der Waals surface area contributed by atoms with Gasteiger partial charge in [-0.05, 0) is 17.7 Å². The van der Waals surface area contributed by atoms with E-state index in [1.165, 1.54) is 12.5 Å². The van der Waals surface area contributed by atoms with Gasteiger partial charge in [0.2, 0.25) is 5.89 Å². The Labute approximate surface area is 91.5 Å². The molecule has 3 N–H and O–H groups in total. The van der Waals surface area contributed by atoms with Crippen molar-refractivity contribution in [1.29, 1.82) is 0 Å². The van der Waals surface area contributed by atoms with E-state index in [2.05, 4.69) is 4.98 Å². The van der Waals surface area contributed by atoms with Crippen LogP contribution in [0.5, 0.6) is 0 Å². The molecular formula is C11H10N2O3. The highest BCUT2D eigenvalue weighted by Gasteiger charge is 2.15. The van der Waals surface area contributed by atoms with Gasteiger partial charge >= 0.3 is 5.97 Å². The second kappa shape index (κ2) is 4.16. The molecule has 0 saturated heterocycles. The second-order valence-corrected chi connectivity index (χ2v) is 3.28. The lowest BCUT2D eigenvalue weighted by Gasteiger charge is -2.07. The molecule has 0 saturated carbocycles. The van der Waals surface area contributed by atoms with Gasteiger partial charge in [0.1, 0.15) is 12.3 Å². The zero-order chi connectivity index (χ0) is 11.5. The predicted octanol–water partition coefficient (Wildman–Crippen LogP) is 1.43. The zero-order valence-corrected chi connectivity index (χ0v) is 8.33. The molecule has 5 heteroatoms. The number of carboxylic acid groups (broad SMARTS) is 1. The number of benzene rings is 1. The van der Waals surface area contributed by atoms with Crippen molar-refractivity contribution in [1.82, 2.24) is 4.98 Å². The SMILES string of the molecule is NC(C(=O)O)c1cccc(-c2ncco2)c1. The van der Waals surface area contributed by atoms with Crippen LogP contribution in [0.3, 0.4) is 0 Å². The van der Waals surface area contributed by atoms with E-state index in [1.54, 1.807) is 24.3 Å². The molecule has 2 rings (SSSR count). The summed E-state index contributed by atoms with van der Waals surface area (Å²) in [4.78, 5) is 14.7. The van der Waals surface area contributed by atoms with Crippen LogP contribution in [0.25, 0.3) is 11.5 Å². The van der Waals surface area contributed by atoms with Gasteiger partial charge in [0.05, 0.1) is 6.20 Å². The van der Waals surface area contributed by atoms with Crippen LogP contribution in [0.4, 0.5) is 0 Å². The Bertz CT molecular complexity index is 494.